The molecule has 0 bridgehead atoms. The largest absolute Gasteiger partial charge is 0.304 e. The van der Waals surface area contributed by atoms with Gasteiger partial charge in [0, 0.05) is 32.5 Å². The topological polar surface area (TPSA) is 25.8 Å². The van der Waals surface area contributed by atoms with Crippen LogP contribution in [0.4, 0.5) is 0 Å². The van der Waals surface area contributed by atoms with Crippen LogP contribution in [0.25, 0.3) is 65.3 Å². The van der Waals surface area contributed by atoms with Crippen LogP contribution >= 0.6 is 0 Å². The van der Waals surface area contributed by atoms with Crippen molar-refractivity contribution in [2.24, 2.45) is 0 Å². The molecule has 1 radical (unpaired) electrons. The molecule has 2 heterocycles. The Hall–Kier alpha value is -4.17. The van der Waals surface area contributed by atoms with E-state index in [2.05, 4.69) is 83.8 Å². The van der Waals surface area contributed by atoms with Crippen molar-refractivity contribution in [3.05, 3.63) is 133 Å². The van der Waals surface area contributed by atoms with Gasteiger partial charge >= 0.3 is 0 Å². The molecule has 0 fully saturated rings. The van der Waals surface area contributed by atoms with Gasteiger partial charge in [-0.15, -0.1) is 65.5 Å². The summed E-state index contributed by atoms with van der Waals surface area (Å²) in [7, 11) is 0. The van der Waals surface area contributed by atoms with Crippen molar-refractivity contribution in [2.45, 2.75) is 6.92 Å². The van der Waals surface area contributed by atoms with Crippen molar-refractivity contribution in [3.8, 4) is 11.3 Å². The molecule has 0 aliphatic carbocycles. The maximum absolute atomic E-state index is 4.74. The van der Waals surface area contributed by atoms with Gasteiger partial charge in [-0.1, -0.05) is 65.4 Å². The number of hydrogen-bond donors (Lipinski definition) is 0. The number of benzene rings is 6. The minimum Gasteiger partial charge on any atom is -0.304 e. The Balaban J connectivity index is 0.000000162. The summed E-state index contributed by atoms with van der Waals surface area (Å²) in [5, 5.41) is 11.4. The van der Waals surface area contributed by atoms with E-state index < -0.39 is 0 Å². The SMILES string of the molecule is Cc1ccc(-c2[c-]cccc2)nc1.[Ir].[c-]1cccc2c1c1nccc3c4ccccc4c4cccc2c4c31. The third-order valence-corrected chi connectivity index (χ3v) is 7.05. The zero-order valence-corrected chi connectivity index (χ0v) is 23.1. The van der Waals surface area contributed by atoms with Crippen LogP contribution in [0, 0.1) is 19.1 Å². The fraction of sp³-hybridized carbons (Fsp3) is 0.0286. The van der Waals surface area contributed by atoms with Crippen molar-refractivity contribution >= 4 is 54.0 Å². The molecule has 6 aromatic carbocycles. The number of aryl methyl sites for hydroxylation is 1. The van der Waals surface area contributed by atoms with E-state index in [0.717, 1.165) is 22.2 Å². The molecule has 0 saturated carbocycles. The average Bonchev–Trinajstić information content (AvgIpc) is 2.98. The van der Waals surface area contributed by atoms with E-state index in [4.69, 9.17) is 4.98 Å². The van der Waals surface area contributed by atoms with Gasteiger partial charge in [0.05, 0.1) is 0 Å². The second-order valence-electron chi connectivity index (χ2n) is 9.31. The van der Waals surface area contributed by atoms with E-state index in [1.165, 1.54) is 48.7 Å². The van der Waals surface area contributed by atoms with Gasteiger partial charge in [0.2, 0.25) is 0 Å². The predicted octanol–water partition coefficient (Wildman–Crippen LogP) is 8.94. The molecular weight excluding hydrogens is 641 g/mol. The molecule has 0 saturated heterocycles. The van der Waals surface area contributed by atoms with Crippen LogP contribution in [0.3, 0.4) is 0 Å². The number of fused-ring (bicyclic) bond motifs is 6. The molecule has 0 aliphatic heterocycles. The Morgan fingerprint density at radius 2 is 1.24 bits per heavy atom. The van der Waals surface area contributed by atoms with Gasteiger partial charge in [0.1, 0.15) is 0 Å². The molecule has 0 spiro atoms. The first-order valence-electron chi connectivity index (χ1n) is 12.4. The molecule has 0 unspecified atom stereocenters. The van der Waals surface area contributed by atoms with Gasteiger partial charge in [-0.2, -0.15) is 0 Å². The first kappa shape index (κ1) is 24.2. The normalized spacial score (nSPS) is 11.1. The van der Waals surface area contributed by atoms with Crippen LogP contribution < -0.4 is 0 Å². The van der Waals surface area contributed by atoms with Crippen LogP contribution in [0.2, 0.25) is 0 Å². The molecule has 0 N–H and O–H groups in total. The van der Waals surface area contributed by atoms with Crippen molar-refractivity contribution in [1.82, 2.24) is 9.97 Å². The Labute approximate surface area is 234 Å². The summed E-state index contributed by atoms with van der Waals surface area (Å²) in [5.74, 6) is 0. The molecule has 38 heavy (non-hydrogen) atoms. The van der Waals surface area contributed by atoms with Crippen LogP contribution in [-0.4, -0.2) is 9.97 Å². The summed E-state index contributed by atoms with van der Waals surface area (Å²) in [4.78, 5) is 9.05. The Morgan fingerprint density at radius 3 is 1.97 bits per heavy atom. The van der Waals surface area contributed by atoms with E-state index in [-0.39, 0.29) is 20.1 Å². The molecule has 8 rings (SSSR count). The van der Waals surface area contributed by atoms with Crippen molar-refractivity contribution in [2.75, 3.05) is 0 Å². The van der Waals surface area contributed by atoms with E-state index >= 15 is 0 Å². The van der Waals surface area contributed by atoms with Gasteiger partial charge < -0.3 is 9.97 Å². The van der Waals surface area contributed by atoms with E-state index in [9.17, 15) is 0 Å². The Kier molecular flexibility index (Phi) is 6.33. The zero-order chi connectivity index (χ0) is 24.8. The third-order valence-electron chi connectivity index (χ3n) is 7.05. The number of nitrogens with zero attached hydrogens (tertiary/aromatic N) is 2. The van der Waals surface area contributed by atoms with E-state index in [0.29, 0.717) is 0 Å². The molecule has 0 atom stereocenters. The van der Waals surface area contributed by atoms with Gasteiger partial charge in [0.25, 0.3) is 0 Å². The number of aromatic nitrogens is 2. The maximum atomic E-state index is 4.74. The molecule has 8 aromatic rings. The van der Waals surface area contributed by atoms with Crippen molar-refractivity contribution < 1.29 is 20.1 Å². The maximum Gasteiger partial charge on any atom is 0.0190 e. The molecule has 0 amide bonds. The molecule has 183 valence electrons. The predicted molar refractivity (Wildman–Crippen MR) is 155 cm³/mol. The molecular formula is C35H22IrN2-2. The van der Waals surface area contributed by atoms with E-state index in [1.54, 1.807) is 0 Å². The summed E-state index contributed by atoms with van der Waals surface area (Å²) in [5.41, 5.74) is 4.26. The fourth-order valence-electron chi connectivity index (χ4n) is 5.39. The molecule has 0 aliphatic rings. The van der Waals surface area contributed by atoms with Gasteiger partial charge in [-0.05, 0) is 62.1 Å². The van der Waals surface area contributed by atoms with Crippen molar-refractivity contribution in [3.63, 3.8) is 0 Å². The molecule has 2 aromatic heterocycles. The second-order valence-corrected chi connectivity index (χ2v) is 9.31. The smallest absolute Gasteiger partial charge is 0.0190 e. The number of pyridine rings is 2. The third kappa shape index (κ3) is 3.92. The second kappa shape index (κ2) is 9.95. The first-order valence-corrected chi connectivity index (χ1v) is 12.4. The quantitative estimate of drug-likeness (QED) is 0.0997. The van der Waals surface area contributed by atoms with Crippen LogP contribution in [0.5, 0.6) is 0 Å². The van der Waals surface area contributed by atoms with Crippen LogP contribution in [-0.2, 0) is 20.1 Å². The summed E-state index contributed by atoms with van der Waals surface area (Å²) in [6.45, 7) is 2.03. The number of hydrogen-bond acceptors (Lipinski definition) is 2. The summed E-state index contributed by atoms with van der Waals surface area (Å²) in [6, 6.07) is 42.1. The summed E-state index contributed by atoms with van der Waals surface area (Å²) >= 11 is 0. The molecule has 2 nitrogen and oxygen atoms in total. The molecule has 3 heteroatoms. The van der Waals surface area contributed by atoms with Gasteiger partial charge in [-0.3, -0.25) is 0 Å². The summed E-state index contributed by atoms with van der Waals surface area (Å²) < 4.78 is 0. The zero-order valence-electron chi connectivity index (χ0n) is 20.7. The minimum atomic E-state index is 0. The summed E-state index contributed by atoms with van der Waals surface area (Å²) in [6.07, 6.45) is 3.80. The van der Waals surface area contributed by atoms with Crippen LogP contribution in [0.1, 0.15) is 5.56 Å². The van der Waals surface area contributed by atoms with Crippen molar-refractivity contribution in [1.29, 1.82) is 0 Å². The Bertz CT molecular complexity index is 1820. The minimum absolute atomic E-state index is 0. The monoisotopic (exact) mass is 663 g/mol. The number of rotatable bonds is 1. The van der Waals surface area contributed by atoms with Crippen LogP contribution in [0.15, 0.2) is 116 Å². The fourth-order valence-corrected chi connectivity index (χ4v) is 5.39. The van der Waals surface area contributed by atoms with Gasteiger partial charge in [0.15, 0.2) is 0 Å². The standard InChI is InChI=1S/C23H12N.C12H10N.Ir/c1-2-7-15-14(6-1)17-10-5-11-18-16-8-3-4-9-20(16)23-22(21(17)18)19(15)12-13-24-23;1-10-7-8-12(13-9-10)11-5-3-2-4-6-11;/h1-8,10-13H;2-5,7-9H,1H3;/q2*-1;. The Morgan fingerprint density at radius 1 is 0.553 bits per heavy atom. The van der Waals surface area contributed by atoms with E-state index in [1.807, 2.05) is 55.7 Å². The average molecular weight is 663 g/mol. The van der Waals surface area contributed by atoms with Gasteiger partial charge in [-0.25, -0.2) is 0 Å². The first-order chi connectivity index (χ1) is 18.3.